The largest absolute Gasteiger partial charge is 0.490 e. The predicted molar refractivity (Wildman–Crippen MR) is 103 cm³/mol. The van der Waals surface area contributed by atoms with Crippen molar-refractivity contribution in [2.75, 3.05) is 11.3 Å². The second kappa shape index (κ2) is 7.02. The zero-order valence-corrected chi connectivity index (χ0v) is 15.5. The maximum atomic E-state index is 12.3. The van der Waals surface area contributed by atoms with Crippen molar-refractivity contribution in [2.24, 2.45) is 10.1 Å². The molecule has 0 spiro atoms. The highest BCUT2D eigenvalue weighted by Crippen LogP contribution is 2.46. The molecule has 0 unspecified atom stereocenters. The molecule has 0 atom stereocenters. The third kappa shape index (κ3) is 4.45. The molecule has 1 aliphatic rings. The van der Waals surface area contributed by atoms with E-state index < -0.39 is 16.5 Å². The van der Waals surface area contributed by atoms with Crippen LogP contribution in [-0.2, 0) is 0 Å². The summed E-state index contributed by atoms with van der Waals surface area (Å²) >= 11 is 0. The highest BCUT2D eigenvalue weighted by atomic mass is 32.3. The van der Waals surface area contributed by atoms with Crippen molar-refractivity contribution < 1.29 is 18.6 Å². The minimum absolute atomic E-state index is 0.0397. The number of ether oxygens (including phenoxy) is 1. The quantitative estimate of drug-likeness (QED) is 0.516. The lowest BCUT2D eigenvalue weighted by Gasteiger charge is -2.34. The Kier molecular flexibility index (Phi) is 4.91. The van der Waals surface area contributed by atoms with Crippen molar-refractivity contribution >= 4 is 28.4 Å². The van der Waals surface area contributed by atoms with Crippen molar-refractivity contribution in [3.8, 4) is 5.75 Å². The second-order valence-electron chi connectivity index (χ2n) is 6.50. The number of carbonyl (C=O) groups excluding carboxylic acids is 1. The molecule has 6 N–H and O–H groups in total. The maximum absolute atomic E-state index is 12.3. The summed E-state index contributed by atoms with van der Waals surface area (Å²) in [6.07, 6.45) is 2.79. The molecule has 0 saturated heterocycles. The first kappa shape index (κ1) is 18.9. The number of hydrogen-bond donors (Lipinski definition) is 5. The van der Waals surface area contributed by atoms with Gasteiger partial charge < -0.3 is 15.8 Å². The molecule has 1 aromatic carbocycles. The number of rotatable bonds is 5. The van der Waals surface area contributed by atoms with Crippen LogP contribution >= 0.6 is 11.0 Å². The molecule has 0 bridgehead atoms. The van der Waals surface area contributed by atoms with Gasteiger partial charge in [-0.3, -0.25) is 18.6 Å². The van der Waals surface area contributed by atoms with Gasteiger partial charge in [-0.05, 0) is 43.0 Å². The number of nitrogens with two attached hydrogens (primary N) is 1. The molecule has 1 aliphatic heterocycles. The van der Waals surface area contributed by atoms with Crippen LogP contribution < -0.4 is 20.5 Å². The van der Waals surface area contributed by atoms with E-state index in [2.05, 4.69) is 24.4 Å². The third-order valence-corrected chi connectivity index (χ3v) is 4.55. The summed E-state index contributed by atoms with van der Waals surface area (Å²) in [5, 5.41) is 2.84. The van der Waals surface area contributed by atoms with Crippen LogP contribution in [0.25, 0.3) is 0 Å². The average molecular weight is 392 g/mol. The third-order valence-electron chi connectivity index (χ3n) is 3.61. The van der Waals surface area contributed by atoms with E-state index >= 15 is 0 Å². The first-order valence-electron chi connectivity index (χ1n) is 7.93. The molecule has 2 aromatic rings. The van der Waals surface area contributed by atoms with Crippen molar-refractivity contribution in [2.45, 2.75) is 19.4 Å². The lowest BCUT2D eigenvalue weighted by atomic mass is 10.1. The van der Waals surface area contributed by atoms with E-state index in [4.69, 9.17) is 10.5 Å². The summed E-state index contributed by atoms with van der Waals surface area (Å²) in [4.78, 5) is 20.0. The zero-order chi connectivity index (χ0) is 19.7. The Morgan fingerprint density at radius 1 is 1.37 bits per heavy atom. The topological polar surface area (TPSA) is 155 Å². The molecule has 11 heteroatoms. The Labute approximate surface area is 157 Å². The van der Waals surface area contributed by atoms with Crippen molar-refractivity contribution in [3.05, 3.63) is 48.0 Å². The molecular weight excluding hydrogens is 372 g/mol. The predicted octanol–water partition coefficient (Wildman–Crippen LogP) is 1.78. The van der Waals surface area contributed by atoms with Crippen LogP contribution in [0.15, 0.2) is 41.2 Å². The Bertz CT molecular complexity index is 888. The summed E-state index contributed by atoms with van der Waals surface area (Å²) in [7, 11) is -3.36. The minimum atomic E-state index is -3.36. The standard InChI is InChI=1S/C16H20N6O4S/c1-16(2,20-15(23)11-6-7-18-9-19-11)8-26-12-5-3-4-10-13(12)14(17)22-27(24,25)21-10/h3-7,9,21,24-25H,8H2,1-2H3,(H2,17,22)(H,20,23). The Balaban J connectivity index is 1.73. The molecule has 144 valence electrons. The average Bonchev–Trinajstić information content (AvgIpc) is 2.59. The van der Waals surface area contributed by atoms with E-state index in [0.717, 1.165) is 0 Å². The number of amidine groups is 1. The van der Waals surface area contributed by atoms with Gasteiger partial charge in [0.1, 0.15) is 24.4 Å². The number of nitrogens with one attached hydrogen (secondary N) is 2. The van der Waals surface area contributed by atoms with Gasteiger partial charge in [-0.15, -0.1) is 4.40 Å². The fraction of sp³-hybridized carbons (Fsp3) is 0.250. The smallest absolute Gasteiger partial charge is 0.270 e. The number of hydrogen-bond acceptors (Lipinski definition) is 9. The minimum Gasteiger partial charge on any atom is -0.490 e. The van der Waals surface area contributed by atoms with E-state index in [-0.39, 0.29) is 24.0 Å². The lowest BCUT2D eigenvalue weighted by Crippen LogP contribution is -2.48. The monoisotopic (exact) mass is 392 g/mol. The lowest BCUT2D eigenvalue weighted by molar-refractivity contribution is 0.0875. The normalized spacial score (nSPS) is 16.4. The maximum Gasteiger partial charge on any atom is 0.270 e. The molecule has 10 nitrogen and oxygen atoms in total. The molecule has 2 heterocycles. The molecule has 0 fully saturated rings. The van der Waals surface area contributed by atoms with Crippen LogP contribution in [0.4, 0.5) is 5.69 Å². The number of amides is 1. The van der Waals surface area contributed by atoms with Crippen LogP contribution in [0.2, 0.25) is 0 Å². The fourth-order valence-corrected chi connectivity index (χ4v) is 3.32. The van der Waals surface area contributed by atoms with Crippen molar-refractivity contribution in [1.82, 2.24) is 15.3 Å². The van der Waals surface area contributed by atoms with Crippen LogP contribution in [0, 0.1) is 0 Å². The van der Waals surface area contributed by atoms with Gasteiger partial charge in [0, 0.05) is 6.20 Å². The number of carbonyl (C=O) groups is 1. The van der Waals surface area contributed by atoms with Crippen LogP contribution in [-0.4, -0.2) is 43.0 Å². The number of aromatic nitrogens is 2. The van der Waals surface area contributed by atoms with E-state index in [1.165, 1.54) is 18.6 Å². The highest BCUT2D eigenvalue weighted by Gasteiger charge is 2.27. The van der Waals surface area contributed by atoms with Crippen molar-refractivity contribution in [1.29, 1.82) is 0 Å². The van der Waals surface area contributed by atoms with E-state index in [1.807, 2.05) is 0 Å². The first-order valence-corrected chi connectivity index (χ1v) is 9.43. The van der Waals surface area contributed by atoms with Gasteiger partial charge in [-0.2, -0.15) is 0 Å². The summed E-state index contributed by atoms with van der Waals surface area (Å²) in [6.45, 7) is 3.73. The molecule has 27 heavy (non-hydrogen) atoms. The number of anilines is 1. The molecule has 3 rings (SSSR count). The number of nitrogens with zero attached hydrogens (tertiary/aromatic N) is 3. The number of fused-ring (bicyclic) bond motifs is 1. The summed E-state index contributed by atoms with van der Waals surface area (Å²) in [5.41, 5.74) is 6.23. The Hall–Kier alpha value is -2.89. The summed E-state index contributed by atoms with van der Waals surface area (Å²) in [6, 6.07) is 6.52. The SMILES string of the molecule is CC(C)(COc1cccc2c1C(N)=NS(O)(O)N2)NC(=O)c1ccncn1. The molecule has 1 aromatic heterocycles. The van der Waals surface area contributed by atoms with Gasteiger partial charge in [0.05, 0.1) is 16.8 Å². The van der Waals surface area contributed by atoms with E-state index in [1.54, 1.807) is 32.0 Å². The van der Waals surface area contributed by atoms with Crippen LogP contribution in [0.1, 0.15) is 29.9 Å². The van der Waals surface area contributed by atoms with Gasteiger partial charge in [0.25, 0.3) is 5.91 Å². The van der Waals surface area contributed by atoms with Gasteiger partial charge in [-0.1, -0.05) is 6.07 Å². The summed E-state index contributed by atoms with van der Waals surface area (Å²) < 4.78 is 31.4. The van der Waals surface area contributed by atoms with Gasteiger partial charge in [0.15, 0.2) is 5.84 Å². The fourth-order valence-electron chi connectivity index (χ4n) is 2.44. The highest BCUT2D eigenvalue weighted by molar-refractivity contribution is 8.24. The van der Waals surface area contributed by atoms with Gasteiger partial charge in [-0.25, -0.2) is 9.97 Å². The Morgan fingerprint density at radius 2 is 2.15 bits per heavy atom. The van der Waals surface area contributed by atoms with Gasteiger partial charge in [0.2, 0.25) is 0 Å². The number of benzene rings is 1. The zero-order valence-electron chi connectivity index (χ0n) is 14.7. The molecular formula is C16H20N6O4S. The second-order valence-corrected chi connectivity index (χ2v) is 7.92. The molecule has 0 radical (unpaired) electrons. The van der Waals surface area contributed by atoms with E-state index in [9.17, 15) is 13.9 Å². The first-order chi connectivity index (χ1) is 12.7. The van der Waals surface area contributed by atoms with Gasteiger partial charge >= 0.3 is 0 Å². The molecule has 0 aliphatic carbocycles. The summed E-state index contributed by atoms with van der Waals surface area (Å²) in [5.74, 6) is 0.0143. The van der Waals surface area contributed by atoms with Crippen LogP contribution in [0.3, 0.4) is 0 Å². The van der Waals surface area contributed by atoms with Crippen molar-refractivity contribution in [3.63, 3.8) is 0 Å². The van der Waals surface area contributed by atoms with E-state index in [0.29, 0.717) is 17.0 Å². The molecule has 1 amide bonds. The molecule has 0 saturated carbocycles. The Morgan fingerprint density at radius 3 is 2.85 bits per heavy atom. The van der Waals surface area contributed by atoms with Crippen LogP contribution in [0.5, 0.6) is 5.75 Å².